The molecule has 3 aromatic carbocycles. The summed E-state index contributed by atoms with van der Waals surface area (Å²) in [5.74, 6) is -3.41. The van der Waals surface area contributed by atoms with Crippen molar-refractivity contribution < 1.29 is 33.6 Å². The molecular formula is C46H59N9O7. The number of hydrogen-bond acceptors (Lipinski definition) is 7. The monoisotopic (exact) mass is 849 g/mol. The molecule has 1 saturated carbocycles. The lowest BCUT2D eigenvalue weighted by molar-refractivity contribution is -0.138. The van der Waals surface area contributed by atoms with Crippen LogP contribution in [0.5, 0.6) is 0 Å². The normalized spacial score (nSPS) is 17.4. The van der Waals surface area contributed by atoms with Crippen LogP contribution in [0.2, 0.25) is 0 Å². The lowest BCUT2D eigenvalue weighted by atomic mass is 9.73. The van der Waals surface area contributed by atoms with Crippen molar-refractivity contribution in [2.75, 3.05) is 13.1 Å². The first kappa shape index (κ1) is 46.4. The van der Waals surface area contributed by atoms with Gasteiger partial charge in [0.05, 0.1) is 6.54 Å². The zero-order valence-electron chi connectivity index (χ0n) is 35.2. The molecule has 1 aliphatic rings. The van der Waals surface area contributed by atoms with Crippen LogP contribution in [0.25, 0.3) is 10.9 Å². The molecule has 16 nitrogen and oxygen atoms in total. The van der Waals surface area contributed by atoms with Gasteiger partial charge in [0.25, 0.3) is 0 Å². The fourth-order valence-electron chi connectivity index (χ4n) is 7.96. The number of aromatic nitrogens is 1. The first-order chi connectivity index (χ1) is 29.9. The number of rotatable bonds is 22. The minimum atomic E-state index is -1.28. The number of fused-ring (bicyclic) bond motifs is 1. The number of carbonyl (C=O) groups is 7. The third-order valence-corrected chi connectivity index (χ3v) is 11.4. The summed E-state index contributed by atoms with van der Waals surface area (Å²) >= 11 is 0. The number of carbonyl (C=O) groups excluding carboxylic acids is 7. The van der Waals surface area contributed by atoms with Crippen LogP contribution < -0.4 is 43.4 Å². The molecule has 1 aromatic heterocycles. The number of para-hydroxylation sites is 1. The Kier molecular flexibility index (Phi) is 17.0. The van der Waals surface area contributed by atoms with E-state index < -0.39 is 65.8 Å². The SMILES string of the molecule is CCCCC(=O)NC1(C(=O)NC(Cc2ccccc2)C(=O)NC(CCCNC(N)=O)C(=O)NC(Cc2c[nH]c3ccccc23)C(=O)NCC(N)=O)CCC(c2ccccc2)CC1. The largest absolute Gasteiger partial charge is 0.368 e. The molecule has 330 valence electrons. The quantitative estimate of drug-likeness (QED) is 0.0534. The lowest BCUT2D eigenvalue weighted by Crippen LogP contribution is -2.64. The molecule has 1 fully saturated rings. The minimum absolute atomic E-state index is 0.00483. The van der Waals surface area contributed by atoms with Gasteiger partial charge in [-0.25, -0.2) is 4.79 Å². The van der Waals surface area contributed by atoms with E-state index in [1.54, 1.807) is 6.20 Å². The first-order valence-corrected chi connectivity index (χ1v) is 21.3. The third-order valence-electron chi connectivity index (χ3n) is 11.4. The number of H-pyrrole nitrogens is 1. The van der Waals surface area contributed by atoms with Crippen molar-refractivity contribution >= 4 is 52.4 Å². The fraction of sp³-hybridized carbons (Fsp3) is 0.413. The van der Waals surface area contributed by atoms with Gasteiger partial charge in [-0.05, 0) is 73.6 Å². The highest BCUT2D eigenvalue weighted by Crippen LogP contribution is 2.38. The van der Waals surface area contributed by atoms with Crippen molar-refractivity contribution in [2.45, 2.75) is 107 Å². The average molecular weight is 850 g/mol. The third kappa shape index (κ3) is 13.4. The summed E-state index contributed by atoms with van der Waals surface area (Å²) in [4.78, 5) is 96.4. The zero-order chi connectivity index (χ0) is 44.5. The molecule has 5 rings (SSSR count). The Balaban J connectivity index is 1.41. The standard InChI is InChI=1S/C46H59N9O7/c1-2-3-20-40(57)55-46(23-21-32(22-24-46)31-15-8-5-9-16-31)44(61)54-37(26-30-13-6-4-7-14-30)43(60)52-36(19-12-25-49-45(48)62)42(59)53-38(41(58)51-29-39(47)56)27-33-28-50-35-18-11-10-17-34(33)35/h4-11,13-18,28,32,36-38,50H,2-3,12,19-27,29H2,1H3,(H2,47,56)(H,51,58)(H,52,60)(H,53,59)(H,54,61)(H,55,57)(H3,48,49,62). The number of unbranched alkanes of at least 4 members (excludes halogenated alkanes) is 1. The van der Waals surface area contributed by atoms with Crippen molar-refractivity contribution in [3.05, 3.63) is 108 Å². The summed E-state index contributed by atoms with van der Waals surface area (Å²) < 4.78 is 0. The Morgan fingerprint density at radius 1 is 0.726 bits per heavy atom. The summed E-state index contributed by atoms with van der Waals surface area (Å²) in [7, 11) is 0. The second kappa shape index (κ2) is 22.8. The molecule has 1 aliphatic carbocycles. The molecule has 1 heterocycles. The predicted octanol–water partition coefficient (Wildman–Crippen LogP) is 2.86. The number of nitrogens with one attached hydrogen (secondary N) is 7. The van der Waals surface area contributed by atoms with Gasteiger partial charge >= 0.3 is 6.03 Å². The van der Waals surface area contributed by atoms with Crippen LogP contribution in [-0.2, 0) is 41.6 Å². The van der Waals surface area contributed by atoms with Crippen LogP contribution >= 0.6 is 0 Å². The molecule has 4 aromatic rings. The molecule has 16 heteroatoms. The highest BCUT2D eigenvalue weighted by molar-refractivity contribution is 5.98. The lowest BCUT2D eigenvalue weighted by Gasteiger charge is -2.40. The number of aromatic amines is 1. The molecule has 8 amide bonds. The van der Waals surface area contributed by atoms with Crippen molar-refractivity contribution in [3.8, 4) is 0 Å². The van der Waals surface area contributed by atoms with E-state index in [1.165, 1.54) is 0 Å². The Bertz CT molecular complexity index is 2150. The summed E-state index contributed by atoms with van der Waals surface area (Å²) in [5.41, 5.74) is 12.7. The number of amides is 8. The van der Waals surface area contributed by atoms with E-state index in [9.17, 15) is 33.6 Å². The maximum absolute atomic E-state index is 14.6. The van der Waals surface area contributed by atoms with Crippen LogP contribution in [0.15, 0.2) is 91.1 Å². The second-order valence-corrected chi connectivity index (χ2v) is 15.9. The van der Waals surface area contributed by atoms with Gasteiger partial charge < -0.3 is 48.4 Å². The highest BCUT2D eigenvalue weighted by Gasteiger charge is 2.44. The molecule has 0 saturated heterocycles. The summed E-state index contributed by atoms with van der Waals surface area (Å²) in [6.45, 7) is 1.60. The zero-order valence-corrected chi connectivity index (χ0v) is 35.2. The maximum atomic E-state index is 14.6. The number of benzene rings is 3. The number of primary amides is 2. The molecule has 0 spiro atoms. The molecule has 11 N–H and O–H groups in total. The molecule has 3 unspecified atom stereocenters. The van der Waals surface area contributed by atoms with E-state index in [0.717, 1.165) is 28.5 Å². The van der Waals surface area contributed by atoms with Crippen LogP contribution in [0.3, 0.4) is 0 Å². The number of urea groups is 1. The van der Waals surface area contributed by atoms with Gasteiger partial charge in [0.2, 0.25) is 35.4 Å². The smallest absolute Gasteiger partial charge is 0.312 e. The summed E-state index contributed by atoms with van der Waals surface area (Å²) in [5, 5.41) is 17.4. The molecule has 0 bridgehead atoms. The number of hydrogen-bond donors (Lipinski definition) is 9. The van der Waals surface area contributed by atoms with Crippen molar-refractivity contribution in [1.29, 1.82) is 0 Å². The van der Waals surface area contributed by atoms with E-state index >= 15 is 0 Å². The van der Waals surface area contributed by atoms with Crippen LogP contribution in [0, 0.1) is 0 Å². The van der Waals surface area contributed by atoms with E-state index in [1.807, 2.05) is 79.7 Å². The van der Waals surface area contributed by atoms with Gasteiger partial charge in [0.15, 0.2) is 0 Å². The van der Waals surface area contributed by atoms with E-state index in [0.29, 0.717) is 37.7 Å². The Hall–Kier alpha value is -6.71. The Labute approximate surface area is 361 Å². The Morgan fingerprint density at radius 3 is 2.03 bits per heavy atom. The molecule has 3 atom stereocenters. The molecule has 62 heavy (non-hydrogen) atoms. The van der Waals surface area contributed by atoms with Crippen molar-refractivity contribution in [2.24, 2.45) is 11.5 Å². The topological polar surface area (TPSA) is 260 Å². The minimum Gasteiger partial charge on any atom is -0.368 e. The summed E-state index contributed by atoms with van der Waals surface area (Å²) in [6, 6.07) is 22.1. The van der Waals surface area contributed by atoms with Crippen LogP contribution in [0.4, 0.5) is 4.79 Å². The van der Waals surface area contributed by atoms with Gasteiger partial charge in [0.1, 0.15) is 23.7 Å². The van der Waals surface area contributed by atoms with Gasteiger partial charge in [-0.3, -0.25) is 28.8 Å². The van der Waals surface area contributed by atoms with Gasteiger partial charge in [-0.2, -0.15) is 0 Å². The van der Waals surface area contributed by atoms with Crippen LogP contribution in [0.1, 0.15) is 87.3 Å². The van der Waals surface area contributed by atoms with Crippen molar-refractivity contribution in [3.63, 3.8) is 0 Å². The maximum Gasteiger partial charge on any atom is 0.312 e. The molecule has 0 radical (unpaired) electrons. The molecule has 0 aliphatic heterocycles. The first-order valence-electron chi connectivity index (χ1n) is 21.3. The molecular weight excluding hydrogens is 791 g/mol. The Morgan fingerprint density at radius 2 is 1.35 bits per heavy atom. The summed E-state index contributed by atoms with van der Waals surface area (Å²) in [6.07, 6.45) is 5.69. The van der Waals surface area contributed by atoms with Crippen molar-refractivity contribution in [1.82, 2.24) is 36.9 Å². The van der Waals surface area contributed by atoms with E-state index in [-0.39, 0.29) is 50.5 Å². The fourth-order valence-corrected chi connectivity index (χ4v) is 7.96. The average Bonchev–Trinajstić information content (AvgIpc) is 3.68. The van der Waals surface area contributed by atoms with Gasteiger partial charge in [0, 0.05) is 42.9 Å². The highest BCUT2D eigenvalue weighted by atomic mass is 16.2. The van der Waals surface area contributed by atoms with E-state index in [4.69, 9.17) is 11.5 Å². The van der Waals surface area contributed by atoms with Gasteiger partial charge in [-0.15, -0.1) is 0 Å². The number of nitrogens with two attached hydrogens (primary N) is 2. The predicted molar refractivity (Wildman–Crippen MR) is 235 cm³/mol. The van der Waals surface area contributed by atoms with Gasteiger partial charge in [-0.1, -0.05) is 92.2 Å². The van der Waals surface area contributed by atoms with E-state index in [2.05, 4.69) is 49.0 Å². The second-order valence-electron chi connectivity index (χ2n) is 15.9. The van der Waals surface area contributed by atoms with Crippen LogP contribution in [-0.4, -0.2) is 83.2 Å².